The van der Waals surface area contributed by atoms with Crippen LogP contribution in [-0.2, 0) is 22.4 Å². The number of furan rings is 1. The smallest absolute Gasteiger partial charge is 0.230 e. The first-order chi connectivity index (χ1) is 13.8. The minimum absolute atomic E-state index is 0.0662. The Morgan fingerprint density at radius 1 is 1.36 bits per heavy atom. The van der Waals surface area contributed by atoms with Gasteiger partial charge in [-0.25, -0.2) is 4.98 Å². The Morgan fingerprint density at radius 3 is 3.00 bits per heavy atom. The van der Waals surface area contributed by atoms with Crippen LogP contribution in [0, 0.1) is 11.3 Å². The van der Waals surface area contributed by atoms with Crippen LogP contribution in [0.15, 0.2) is 27.8 Å². The third-order valence-electron chi connectivity index (χ3n) is 5.21. The Hall–Kier alpha value is -2.30. The minimum atomic E-state index is -0.0662. The molecule has 0 radical (unpaired) electrons. The molecule has 1 saturated heterocycles. The molecule has 7 heteroatoms. The number of carbonyl (C=O) groups is 1. The number of amides is 1. The summed E-state index contributed by atoms with van der Waals surface area (Å²) in [6.45, 7) is 1.31. The van der Waals surface area contributed by atoms with Crippen molar-refractivity contribution in [1.82, 2.24) is 10.3 Å². The highest BCUT2D eigenvalue weighted by Gasteiger charge is 2.25. The number of hydrogen-bond donors (Lipinski definition) is 1. The molecule has 1 aliphatic heterocycles. The first-order valence-corrected chi connectivity index (χ1v) is 10.8. The number of pyridine rings is 1. The molecule has 1 N–H and O–H groups in total. The molecule has 0 bridgehead atoms. The van der Waals surface area contributed by atoms with Crippen LogP contribution in [0.5, 0.6) is 0 Å². The van der Waals surface area contributed by atoms with Crippen molar-refractivity contribution in [2.45, 2.75) is 49.7 Å². The third kappa shape index (κ3) is 4.08. The van der Waals surface area contributed by atoms with Crippen molar-refractivity contribution in [2.24, 2.45) is 0 Å². The zero-order valence-electron chi connectivity index (χ0n) is 15.7. The molecule has 4 rings (SSSR count). The second-order valence-corrected chi connectivity index (χ2v) is 8.08. The molecule has 6 nitrogen and oxygen atoms in total. The topological polar surface area (TPSA) is 88.2 Å². The highest BCUT2D eigenvalue weighted by atomic mass is 32.2. The van der Waals surface area contributed by atoms with Gasteiger partial charge in [-0.1, -0.05) is 11.8 Å². The summed E-state index contributed by atoms with van der Waals surface area (Å²) in [6.07, 6.45) is 7.77. The van der Waals surface area contributed by atoms with E-state index in [1.807, 2.05) is 12.1 Å². The molecule has 1 amide bonds. The molecule has 2 aliphatic rings. The number of hydrogen-bond acceptors (Lipinski definition) is 6. The fraction of sp³-hybridized carbons (Fsp3) is 0.476. The summed E-state index contributed by atoms with van der Waals surface area (Å²) in [4.78, 5) is 17.0. The number of fused-ring (bicyclic) bond motifs is 1. The Balaban J connectivity index is 1.54. The highest BCUT2D eigenvalue weighted by molar-refractivity contribution is 8.00. The van der Waals surface area contributed by atoms with E-state index in [9.17, 15) is 10.1 Å². The van der Waals surface area contributed by atoms with E-state index in [-0.39, 0.29) is 17.8 Å². The lowest BCUT2D eigenvalue weighted by Gasteiger charge is -2.20. The quantitative estimate of drug-likeness (QED) is 0.751. The van der Waals surface area contributed by atoms with E-state index >= 15 is 0 Å². The van der Waals surface area contributed by atoms with E-state index in [1.165, 1.54) is 11.8 Å². The van der Waals surface area contributed by atoms with Crippen molar-refractivity contribution < 1.29 is 13.9 Å². The van der Waals surface area contributed by atoms with Gasteiger partial charge >= 0.3 is 0 Å². The number of rotatable bonds is 6. The largest absolute Gasteiger partial charge is 0.464 e. The molecular formula is C21H23N3O3S. The van der Waals surface area contributed by atoms with Gasteiger partial charge in [0, 0.05) is 24.4 Å². The van der Waals surface area contributed by atoms with E-state index in [0.29, 0.717) is 22.9 Å². The lowest BCUT2D eigenvalue weighted by Crippen LogP contribution is -2.32. The predicted octanol–water partition coefficient (Wildman–Crippen LogP) is 3.48. The average molecular weight is 398 g/mol. The summed E-state index contributed by atoms with van der Waals surface area (Å²) < 4.78 is 11.2. The Bertz CT molecular complexity index is 883. The summed E-state index contributed by atoms with van der Waals surface area (Å²) in [5.74, 6) is 0.857. The van der Waals surface area contributed by atoms with Gasteiger partial charge in [-0.3, -0.25) is 4.79 Å². The molecule has 1 fully saturated rings. The number of nitrogens with zero attached hydrogens (tertiary/aromatic N) is 2. The van der Waals surface area contributed by atoms with Crippen LogP contribution in [0.2, 0.25) is 0 Å². The van der Waals surface area contributed by atoms with E-state index < -0.39 is 0 Å². The van der Waals surface area contributed by atoms with Crippen molar-refractivity contribution in [2.75, 3.05) is 18.9 Å². The summed E-state index contributed by atoms with van der Waals surface area (Å²) in [5, 5.41) is 13.4. The van der Waals surface area contributed by atoms with E-state index in [4.69, 9.17) is 14.1 Å². The maximum absolute atomic E-state index is 12.3. The van der Waals surface area contributed by atoms with Gasteiger partial charge in [0.1, 0.15) is 16.9 Å². The summed E-state index contributed by atoms with van der Waals surface area (Å²) in [6, 6.07) is 6.02. The lowest BCUT2D eigenvalue weighted by atomic mass is 9.89. The number of thioether (sulfide) groups is 1. The molecule has 0 aromatic carbocycles. The van der Waals surface area contributed by atoms with Crippen molar-refractivity contribution in [3.05, 3.63) is 35.2 Å². The molecule has 146 valence electrons. The predicted molar refractivity (Wildman–Crippen MR) is 106 cm³/mol. The first kappa shape index (κ1) is 19.0. The fourth-order valence-electron chi connectivity index (χ4n) is 3.84. The minimum Gasteiger partial charge on any atom is -0.464 e. The second kappa shape index (κ2) is 8.80. The molecule has 2 aromatic heterocycles. The number of ether oxygens (including phenoxy) is 1. The van der Waals surface area contributed by atoms with E-state index in [1.54, 1.807) is 6.26 Å². The van der Waals surface area contributed by atoms with Crippen LogP contribution in [0.3, 0.4) is 0 Å². The maximum Gasteiger partial charge on any atom is 0.230 e. The first-order valence-electron chi connectivity index (χ1n) is 9.77. The SMILES string of the molecule is N#Cc1c(SCC(=O)NC[C@@H]2CCCO2)nc2c(c1-c1ccco1)CCCC2. The van der Waals surface area contributed by atoms with Crippen LogP contribution in [0.25, 0.3) is 11.3 Å². The van der Waals surface area contributed by atoms with Crippen molar-refractivity contribution in [3.63, 3.8) is 0 Å². The second-order valence-electron chi connectivity index (χ2n) is 7.12. The molecule has 0 spiro atoms. The van der Waals surface area contributed by atoms with Crippen LogP contribution in [-0.4, -0.2) is 35.9 Å². The molecule has 28 heavy (non-hydrogen) atoms. The molecule has 0 unspecified atom stereocenters. The van der Waals surface area contributed by atoms with Gasteiger partial charge in [-0.2, -0.15) is 5.26 Å². The molecule has 3 heterocycles. The van der Waals surface area contributed by atoms with Gasteiger partial charge in [0.15, 0.2) is 0 Å². The normalized spacial score (nSPS) is 18.5. The van der Waals surface area contributed by atoms with Gasteiger partial charge in [0.05, 0.1) is 23.7 Å². The molecule has 0 saturated carbocycles. The third-order valence-corrected chi connectivity index (χ3v) is 6.19. The average Bonchev–Trinajstić information content (AvgIpc) is 3.43. The van der Waals surface area contributed by atoms with E-state index in [0.717, 1.165) is 62.0 Å². The van der Waals surface area contributed by atoms with Crippen LogP contribution in [0.1, 0.15) is 42.5 Å². The highest BCUT2D eigenvalue weighted by Crippen LogP contribution is 2.37. The van der Waals surface area contributed by atoms with E-state index in [2.05, 4.69) is 11.4 Å². The van der Waals surface area contributed by atoms with Crippen molar-refractivity contribution in [3.8, 4) is 17.4 Å². The summed E-state index contributed by atoms with van der Waals surface area (Å²) in [7, 11) is 0. The maximum atomic E-state index is 12.3. The van der Waals surface area contributed by atoms with Crippen LogP contribution in [0.4, 0.5) is 0 Å². The molecule has 2 aromatic rings. The monoisotopic (exact) mass is 397 g/mol. The molecule has 1 aliphatic carbocycles. The van der Waals surface area contributed by atoms with Gasteiger partial charge in [0.25, 0.3) is 0 Å². The molecular weight excluding hydrogens is 374 g/mol. The number of aryl methyl sites for hydroxylation is 1. The zero-order valence-corrected chi connectivity index (χ0v) is 16.5. The Kier molecular flexibility index (Phi) is 5.98. The fourth-order valence-corrected chi connectivity index (χ4v) is 4.67. The number of nitriles is 1. The zero-order chi connectivity index (χ0) is 19.3. The van der Waals surface area contributed by atoms with Gasteiger partial charge in [0.2, 0.25) is 5.91 Å². The van der Waals surface area contributed by atoms with Crippen LogP contribution < -0.4 is 5.32 Å². The Labute approximate surface area is 168 Å². The molecule has 1 atom stereocenters. The summed E-state index contributed by atoms with van der Waals surface area (Å²) in [5.41, 5.74) is 3.50. The van der Waals surface area contributed by atoms with Gasteiger partial charge in [-0.15, -0.1) is 0 Å². The van der Waals surface area contributed by atoms with Crippen molar-refractivity contribution in [1.29, 1.82) is 5.26 Å². The van der Waals surface area contributed by atoms with Crippen molar-refractivity contribution >= 4 is 17.7 Å². The number of nitrogens with one attached hydrogen (secondary N) is 1. The van der Waals surface area contributed by atoms with Crippen LogP contribution >= 0.6 is 11.8 Å². The Morgan fingerprint density at radius 2 is 2.25 bits per heavy atom. The number of aromatic nitrogens is 1. The summed E-state index contributed by atoms with van der Waals surface area (Å²) >= 11 is 1.32. The lowest BCUT2D eigenvalue weighted by molar-refractivity contribution is -0.119. The van der Waals surface area contributed by atoms with Gasteiger partial charge < -0.3 is 14.5 Å². The van der Waals surface area contributed by atoms with Gasteiger partial charge in [-0.05, 0) is 56.2 Å². The number of carbonyl (C=O) groups excluding carboxylic acids is 1. The standard InChI is InChI=1S/C21H23N3O3S/c22-11-16-20(18-8-4-10-27-18)15-6-1-2-7-17(15)24-21(16)28-13-19(25)23-12-14-5-3-9-26-14/h4,8,10,14H,1-3,5-7,9,12-13H2,(H,23,25)/t14-/m0/s1.